The first kappa shape index (κ1) is 8.69. The summed E-state index contributed by atoms with van der Waals surface area (Å²) in [4.78, 5) is 0. The third kappa shape index (κ3) is 1.88. The Morgan fingerprint density at radius 1 is 1.38 bits per heavy atom. The number of hydrogen-bond acceptors (Lipinski definition) is 3. The Hall–Kier alpha value is -0.900. The second-order valence-electron chi connectivity index (χ2n) is 3.30. The number of ether oxygens (including phenoxy) is 1. The summed E-state index contributed by atoms with van der Waals surface area (Å²) in [5.41, 5.74) is 6.80. The Morgan fingerprint density at radius 2 is 2.00 bits per heavy atom. The molecule has 0 saturated carbocycles. The highest BCUT2D eigenvalue weighted by atomic mass is 16.6. The molecule has 1 aliphatic heterocycles. The lowest BCUT2D eigenvalue weighted by Crippen LogP contribution is -2.30. The van der Waals surface area contributed by atoms with Gasteiger partial charge in [-0.25, -0.2) is 0 Å². The van der Waals surface area contributed by atoms with E-state index in [4.69, 9.17) is 10.5 Å². The molecule has 0 bridgehead atoms. The molecule has 0 radical (unpaired) electrons. The molecule has 3 nitrogen and oxygen atoms in total. The van der Waals surface area contributed by atoms with Crippen molar-refractivity contribution in [2.24, 2.45) is 5.73 Å². The Labute approximate surface area is 77.1 Å². The number of aliphatic hydroxyl groups is 1. The molecule has 70 valence electrons. The molecule has 1 saturated heterocycles. The second-order valence-corrected chi connectivity index (χ2v) is 3.30. The van der Waals surface area contributed by atoms with Crippen LogP contribution < -0.4 is 5.73 Å². The molecule has 1 fully saturated rings. The SMILES string of the molecule is NC(c1ccccc1)C(O)[C@@H]1CO1. The molecular weight excluding hydrogens is 166 g/mol. The molecule has 1 heterocycles. The van der Waals surface area contributed by atoms with Gasteiger partial charge in [-0.15, -0.1) is 0 Å². The molecule has 13 heavy (non-hydrogen) atoms. The van der Waals surface area contributed by atoms with Crippen molar-refractivity contribution in [3.63, 3.8) is 0 Å². The normalized spacial score (nSPS) is 25.2. The van der Waals surface area contributed by atoms with Gasteiger partial charge in [-0.1, -0.05) is 30.3 Å². The lowest BCUT2D eigenvalue weighted by atomic mass is 10.0. The zero-order valence-electron chi connectivity index (χ0n) is 7.26. The van der Waals surface area contributed by atoms with Gasteiger partial charge in [0.1, 0.15) is 12.2 Å². The van der Waals surface area contributed by atoms with Crippen LogP contribution in [0.15, 0.2) is 30.3 Å². The molecular formula is C10H13NO2. The second kappa shape index (κ2) is 3.46. The maximum Gasteiger partial charge on any atom is 0.109 e. The van der Waals surface area contributed by atoms with Crippen molar-refractivity contribution in [2.75, 3.05) is 6.61 Å². The maximum atomic E-state index is 9.66. The molecule has 1 aromatic rings. The van der Waals surface area contributed by atoms with Gasteiger partial charge in [-0.05, 0) is 5.56 Å². The van der Waals surface area contributed by atoms with Gasteiger partial charge in [0, 0.05) is 0 Å². The van der Waals surface area contributed by atoms with Crippen LogP contribution in [0, 0.1) is 0 Å². The van der Waals surface area contributed by atoms with Crippen molar-refractivity contribution in [1.29, 1.82) is 0 Å². The van der Waals surface area contributed by atoms with Crippen molar-refractivity contribution in [1.82, 2.24) is 0 Å². The number of benzene rings is 1. The van der Waals surface area contributed by atoms with Crippen molar-refractivity contribution >= 4 is 0 Å². The molecule has 3 atom stereocenters. The van der Waals surface area contributed by atoms with E-state index < -0.39 is 6.10 Å². The first-order valence-corrected chi connectivity index (χ1v) is 4.39. The standard InChI is InChI=1S/C10H13NO2/c11-9(10(12)8-6-13-8)7-4-2-1-3-5-7/h1-5,8-10,12H,6,11H2/t8-,9?,10?/m0/s1. The van der Waals surface area contributed by atoms with Gasteiger partial charge in [0.05, 0.1) is 12.6 Å². The first-order chi connectivity index (χ1) is 6.29. The molecule has 0 spiro atoms. The van der Waals surface area contributed by atoms with Crippen molar-refractivity contribution in [2.45, 2.75) is 18.2 Å². The highest BCUT2D eigenvalue weighted by Gasteiger charge is 2.35. The van der Waals surface area contributed by atoms with E-state index in [0.29, 0.717) is 6.61 Å². The third-order valence-corrected chi connectivity index (χ3v) is 2.29. The lowest BCUT2D eigenvalue weighted by Gasteiger charge is -2.16. The Morgan fingerprint density at radius 3 is 2.54 bits per heavy atom. The van der Waals surface area contributed by atoms with Gasteiger partial charge in [-0.3, -0.25) is 0 Å². The Bertz CT molecular complexity index is 272. The minimum absolute atomic E-state index is 0.0600. The van der Waals surface area contributed by atoms with Crippen LogP contribution in [0.25, 0.3) is 0 Å². The molecule has 2 rings (SSSR count). The van der Waals surface area contributed by atoms with Crippen molar-refractivity contribution in [3.8, 4) is 0 Å². The van der Waals surface area contributed by atoms with E-state index in [9.17, 15) is 5.11 Å². The summed E-state index contributed by atoms with van der Waals surface area (Å²) in [6.07, 6.45) is -0.641. The topological polar surface area (TPSA) is 58.8 Å². The van der Waals surface area contributed by atoms with Gasteiger partial charge in [-0.2, -0.15) is 0 Å². The van der Waals surface area contributed by atoms with E-state index in [0.717, 1.165) is 5.56 Å². The summed E-state index contributed by atoms with van der Waals surface area (Å²) >= 11 is 0. The van der Waals surface area contributed by atoms with Gasteiger partial charge in [0.25, 0.3) is 0 Å². The Balaban J connectivity index is 2.07. The summed E-state index contributed by atoms with van der Waals surface area (Å²) < 4.78 is 4.98. The molecule has 0 aromatic heterocycles. The molecule has 0 amide bonds. The van der Waals surface area contributed by atoms with E-state index in [2.05, 4.69) is 0 Å². The number of rotatable bonds is 3. The number of nitrogens with two attached hydrogens (primary N) is 1. The van der Waals surface area contributed by atoms with Gasteiger partial charge >= 0.3 is 0 Å². The Kier molecular flexibility index (Phi) is 2.31. The van der Waals surface area contributed by atoms with E-state index in [1.54, 1.807) is 0 Å². The minimum Gasteiger partial charge on any atom is -0.388 e. The summed E-state index contributed by atoms with van der Waals surface area (Å²) in [5.74, 6) is 0. The molecule has 1 aliphatic rings. The van der Waals surface area contributed by atoms with E-state index in [1.165, 1.54) is 0 Å². The van der Waals surface area contributed by atoms with Crippen LogP contribution in [0.5, 0.6) is 0 Å². The maximum absolute atomic E-state index is 9.66. The fourth-order valence-corrected chi connectivity index (χ4v) is 1.36. The van der Waals surface area contributed by atoms with Crippen LogP contribution >= 0.6 is 0 Å². The molecule has 3 N–H and O–H groups in total. The molecule has 0 aliphatic carbocycles. The van der Waals surface area contributed by atoms with Crippen LogP contribution in [0.4, 0.5) is 0 Å². The highest BCUT2D eigenvalue weighted by molar-refractivity contribution is 5.20. The average molecular weight is 179 g/mol. The quantitative estimate of drug-likeness (QED) is 0.662. The van der Waals surface area contributed by atoms with Crippen LogP contribution in [-0.4, -0.2) is 23.9 Å². The highest BCUT2D eigenvalue weighted by Crippen LogP contribution is 2.23. The van der Waals surface area contributed by atoms with E-state index >= 15 is 0 Å². The predicted molar refractivity (Wildman–Crippen MR) is 49.1 cm³/mol. The van der Waals surface area contributed by atoms with E-state index in [1.807, 2.05) is 30.3 Å². The summed E-state index contributed by atoms with van der Waals surface area (Å²) in [6.45, 7) is 0.627. The van der Waals surface area contributed by atoms with Crippen molar-refractivity contribution < 1.29 is 9.84 Å². The van der Waals surface area contributed by atoms with Crippen LogP contribution in [0.1, 0.15) is 11.6 Å². The van der Waals surface area contributed by atoms with E-state index in [-0.39, 0.29) is 12.1 Å². The zero-order valence-corrected chi connectivity index (χ0v) is 7.26. The fraction of sp³-hybridized carbons (Fsp3) is 0.400. The van der Waals surface area contributed by atoms with Crippen LogP contribution in [0.3, 0.4) is 0 Å². The summed E-state index contributed by atoms with van der Waals surface area (Å²) in [7, 11) is 0. The van der Waals surface area contributed by atoms with Crippen LogP contribution in [-0.2, 0) is 4.74 Å². The lowest BCUT2D eigenvalue weighted by molar-refractivity contribution is 0.109. The average Bonchev–Trinajstić information content (AvgIpc) is 3.00. The zero-order chi connectivity index (χ0) is 9.26. The third-order valence-electron chi connectivity index (χ3n) is 2.29. The van der Waals surface area contributed by atoms with Gasteiger partial charge in [0.2, 0.25) is 0 Å². The summed E-state index contributed by atoms with van der Waals surface area (Å²) in [6, 6.07) is 9.24. The molecule has 1 aromatic carbocycles. The number of hydrogen-bond donors (Lipinski definition) is 2. The molecule has 2 unspecified atom stereocenters. The summed E-state index contributed by atoms with van der Waals surface area (Å²) in [5, 5.41) is 9.66. The first-order valence-electron chi connectivity index (χ1n) is 4.39. The predicted octanol–water partition coefficient (Wildman–Crippen LogP) is 0.446. The number of epoxide rings is 1. The minimum atomic E-state index is -0.581. The van der Waals surface area contributed by atoms with Gasteiger partial charge in [0.15, 0.2) is 0 Å². The smallest absolute Gasteiger partial charge is 0.109 e. The van der Waals surface area contributed by atoms with Gasteiger partial charge < -0.3 is 15.6 Å². The monoisotopic (exact) mass is 179 g/mol. The molecule has 3 heteroatoms. The van der Waals surface area contributed by atoms with Crippen molar-refractivity contribution in [3.05, 3.63) is 35.9 Å². The van der Waals surface area contributed by atoms with Crippen LogP contribution in [0.2, 0.25) is 0 Å². The fourth-order valence-electron chi connectivity index (χ4n) is 1.36. The largest absolute Gasteiger partial charge is 0.388 e. The number of aliphatic hydroxyl groups excluding tert-OH is 1.